The average Bonchev–Trinajstić information content (AvgIpc) is 3.39. The van der Waals surface area contributed by atoms with Gasteiger partial charge in [-0.1, -0.05) is 54.6 Å². The Hall–Kier alpha value is -4.27. The molecular weight excluding hydrogens is 394 g/mol. The highest BCUT2D eigenvalue weighted by molar-refractivity contribution is 6.02. The zero-order valence-corrected chi connectivity index (χ0v) is 16.1. The number of hydrogen-bond donors (Lipinski definition) is 2. The minimum absolute atomic E-state index is 0.185. The molecule has 31 heavy (non-hydrogen) atoms. The van der Waals surface area contributed by atoms with Crippen molar-refractivity contribution in [2.45, 2.75) is 13.0 Å². The van der Waals surface area contributed by atoms with E-state index in [1.54, 1.807) is 30.3 Å². The number of aromatic nitrogens is 2. The van der Waals surface area contributed by atoms with Crippen LogP contribution in [-0.2, 0) is 13.0 Å². The Labute approximate surface area is 184 Å². The Morgan fingerprint density at radius 3 is 2.06 bits per heavy atom. The predicted octanol–water partition coefficient (Wildman–Crippen LogP) is 2.51. The van der Waals surface area contributed by atoms with Crippen LogP contribution in [0.15, 0.2) is 82.4 Å². The van der Waals surface area contributed by atoms with Gasteiger partial charge in [-0.05, 0) is 21.9 Å². The lowest BCUT2D eigenvalue weighted by Gasteiger charge is -2.08. The zero-order chi connectivity index (χ0) is 25.1. The van der Waals surface area contributed by atoms with Crippen molar-refractivity contribution in [3.8, 4) is 0 Å². The van der Waals surface area contributed by atoms with Gasteiger partial charge in [0.1, 0.15) is 24.3 Å². The first kappa shape index (κ1) is 15.6. The Kier molecular flexibility index (Phi) is 4.76. The highest BCUT2D eigenvalue weighted by atomic mass is 16.2. The third-order valence-corrected chi connectivity index (χ3v) is 4.21. The molecule has 1 aliphatic rings. The van der Waals surface area contributed by atoms with E-state index in [0.29, 0.717) is 12.3 Å². The van der Waals surface area contributed by atoms with Crippen molar-refractivity contribution in [1.82, 2.24) is 20.6 Å². The number of nitrogens with one attached hydrogen (secondary N) is 2. The lowest BCUT2D eigenvalue weighted by Crippen LogP contribution is -2.27. The van der Waals surface area contributed by atoms with Crippen LogP contribution in [0.3, 0.4) is 0 Å². The van der Waals surface area contributed by atoms with Crippen molar-refractivity contribution < 1.29 is 15.1 Å². The van der Waals surface area contributed by atoms with Crippen molar-refractivity contribution in [3.63, 3.8) is 0 Å². The van der Waals surface area contributed by atoms with E-state index in [-0.39, 0.29) is 22.5 Å². The first-order valence-electron chi connectivity index (χ1n) is 11.2. The Morgan fingerprint density at radius 2 is 1.48 bits per heavy atom. The molecule has 0 bridgehead atoms. The van der Waals surface area contributed by atoms with Gasteiger partial charge < -0.3 is 10.6 Å². The second kappa shape index (κ2) is 9.49. The highest BCUT2D eigenvalue weighted by Crippen LogP contribution is 2.10. The maximum Gasteiger partial charge on any atom is 0.270 e. The largest absolute Gasteiger partial charge is 0.347 e. The normalized spacial score (nSPS) is 15.2. The van der Waals surface area contributed by atoms with Crippen LogP contribution in [0.2, 0.25) is 0 Å². The number of amides is 2. The molecule has 9 heteroatoms. The van der Waals surface area contributed by atoms with Gasteiger partial charge >= 0.3 is 0 Å². The molecule has 0 atom stereocenters. The molecule has 0 saturated heterocycles. The van der Waals surface area contributed by atoms with Gasteiger partial charge in [-0.25, -0.2) is 9.97 Å². The van der Waals surface area contributed by atoms with Gasteiger partial charge in [0.05, 0.1) is 11.2 Å². The van der Waals surface area contributed by atoms with Gasteiger partial charge in [0.2, 0.25) is 0 Å². The number of benzene rings is 2. The van der Waals surface area contributed by atoms with Gasteiger partial charge in [-0.3, -0.25) is 9.59 Å². The van der Waals surface area contributed by atoms with Crippen LogP contribution < -0.4 is 10.6 Å². The first-order valence-corrected chi connectivity index (χ1v) is 9.22. The quantitative estimate of drug-likeness (QED) is 0.613. The van der Waals surface area contributed by atoms with Crippen LogP contribution in [0.4, 0.5) is 0 Å². The molecule has 4 rings (SSSR count). The summed E-state index contributed by atoms with van der Waals surface area (Å²) in [6.45, 7) is -4.08. The summed E-state index contributed by atoms with van der Waals surface area (Å²) >= 11 is 0. The molecule has 2 N–H and O–H groups in total. The fourth-order valence-electron chi connectivity index (χ4n) is 2.62. The summed E-state index contributed by atoms with van der Waals surface area (Å²) in [5, 5.41) is 15.7. The van der Waals surface area contributed by atoms with E-state index in [0.717, 1.165) is 18.0 Å². The molecule has 0 fully saturated rings. The van der Waals surface area contributed by atoms with E-state index in [9.17, 15) is 9.59 Å². The van der Waals surface area contributed by atoms with E-state index < -0.39 is 24.8 Å². The summed E-state index contributed by atoms with van der Waals surface area (Å²) in [5.74, 6) is -1.73. The van der Waals surface area contributed by atoms with E-state index in [1.165, 1.54) is 24.3 Å². The van der Waals surface area contributed by atoms with E-state index in [4.69, 9.17) is 5.48 Å². The molecule has 1 aliphatic heterocycles. The fourth-order valence-corrected chi connectivity index (χ4v) is 2.62. The number of rotatable bonds is 7. The smallest absolute Gasteiger partial charge is 0.270 e. The van der Waals surface area contributed by atoms with Gasteiger partial charge in [0.15, 0.2) is 0 Å². The predicted molar refractivity (Wildman–Crippen MR) is 114 cm³/mol. The monoisotopic (exact) mass is 417 g/mol. The van der Waals surface area contributed by atoms with Gasteiger partial charge in [0, 0.05) is 19.1 Å². The SMILES string of the molecule is [2H]C([2H])(NC(=O)c1cc(C(=O)NC([2H])([2H])c2ccc(C3=NN=NC3)cc2)ncn1)c1ccccc1. The summed E-state index contributed by atoms with van der Waals surface area (Å²) in [4.78, 5) is 32.9. The third kappa shape index (κ3) is 5.21. The van der Waals surface area contributed by atoms with Crippen LogP contribution in [0.25, 0.3) is 0 Å². The van der Waals surface area contributed by atoms with E-state index in [2.05, 4.69) is 36.0 Å². The number of nitrogens with zero attached hydrogens (tertiary/aromatic N) is 5. The molecule has 2 heterocycles. The highest BCUT2D eigenvalue weighted by Gasteiger charge is 2.13. The molecule has 0 aliphatic carbocycles. The molecule has 2 aromatic carbocycles. The summed E-state index contributed by atoms with van der Waals surface area (Å²) in [7, 11) is 0. The lowest BCUT2D eigenvalue weighted by molar-refractivity contribution is 0.0944. The van der Waals surface area contributed by atoms with E-state index in [1.807, 2.05) is 0 Å². The van der Waals surface area contributed by atoms with Gasteiger partial charge in [-0.2, -0.15) is 5.11 Å². The fraction of sp³-hybridized carbons (Fsp3) is 0.136. The minimum Gasteiger partial charge on any atom is -0.347 e. The second-order valence-electron chi connectivity index (χ2n) is 6.33. The number of hydrogen-bond acceptors (Lipinski definition) is 7. The molecular formula is C22H19N7O2. The molecule has 1 aromatic heterocycles. The summed E-state index contributed by atoms with van der Waals surface area (Å²) in [6.07, 6.45) is 0.977. The van der Waals surface area contributed by atoms with Crippen molar-refractivity contribution in [3.05, 3.63) is 95.1 Å². The summed E-state index contributed by atoms with van der Waals surface area (Å²) < 4.78 is 32.8. The molecule has 9 nitrogen and oxygen atoms in total. The molecule has 0 saturated carbocycles. The molecule has 2 amide bonds. The Morgan fingerprint density at radius 1 is 0.871 bits per heavy atom. The summed E-state index contributed by atoms with van der Waals surface area (Å²) in [5.41, 5.74) is 1.32. The van der Waals surface area contributed by atoms with Crippen LogP contribution >= 0.6 is 0 Å². The zero-order valence-electron chi connectivity index (χ0n) is 20.1. The van der Waals surface area contributed by atoms with Crippen molar-refractivity contribution in [2.75, 3.05) is 6.54 Å². The van der Waals surface area contributed by atoms with Crippen molar-refractivity contribution in [2.24, 2.45) is 15.4 Å². The standard InChI is InChI=1S/C22H19N7O2/c30-21(23-11-15-4-2-1-3-5-15)18-10-19(26-14-25-18)22(31)24-12-16-6-8-17(9-7-16)20-13-27-29-28-20/h1-10,14H,11-13H2,(H,23,30)(H,24,31)/i11D2,12D2. The third-order valence-electron chi connectivity index (χ3n) is 4.21. The van der Waals surface area contributed by atoms with E-state index >= 15 is 0 Å². The number of carbonyl (C=O) groups is 2. The molecule has 0 radical (unpaired) electrons. The second-order valence-corrected chi connectivity index (χ2v) is 6.33. The van der Waals surface area contributed by atoms with Crippen LogP contribution in [0, 0.1) is 0 Å². The van der Waals surface area contributed by atoms with Crippen molar-refractivity contribution >= 4 is 17.5 Å². The first-order chi connectivity index (χ1) is 16.7. The molecule has 3 aromatic rings. The topological polar surface area (TPSA) is 121 Å². The molecule has 0 unspecified atom stereocenters. The van der Waals surface area contributed by atoms with Crippen LogP contribution in [-0.4, -0.2) is 34.0 Å². The maximum absolute atomic E-state index is 12.7. The maximum atomic E-state index is 12.7. The number of carbonyl (C=O) groups excluding carboxylic acids is 2. The lowest BCUT2D eigenvalue weighted by atomic mass is 10.1. The average molecular weight is 417 g/mol. The minimum atomic E-state index is -2.25. The Bertz CT molecular complexity index is 1310. The van der Waals surface area contributed by atoms with Gasteiger partial charge in [-0.15, -0.1) is 5.10 Å². The molecule has 0 spiro atoms. The summed E-state index contributed by atoms with van der Waals surface area (Å²) in [6, 6.07) is 15.5. The van der Waals surface area contributed by atoms with Crippen LogP contribution in [0.5, 0.6) is 0 Å². The Balaban J connectivity index is 1.46. The van der Waals surface area contributed by atoms with Crippen molar-refractivity contribution in [1.29, 1.82) is 0 Å². The van der Waals surface area contributed by atoms with Gasteiger partial charge in [0.25, 0.3) is 11.8 Å². The van der Waals surface area contributed by atoms with Crippen LogP contribution in [0.1, 0.15) is 43.2 Å². The molecule has 154 valence electrons.